The van der Waals surface area contributed by atoms with Gasteiger partial charge in [-0.1, -0.05) is 0 Å². The molecule has 0 saturated carbocycles. The maximum atomic E-state index is 12.8. The second-order valence-electron chi connectivity index (χ2n) is 3.18. The number of nitrogen functional groups attached to an aromatic ring is 1. The Morgan fingerprint density at radius 1 is 1.65 bits per heavy atom. The Bertz CT molecular complexity index is 427. The number of anilines is 1. The lowest BCUT2D eigenvalue weighted by atomic mass is 10.1. The van der Waals surface area contributed by atoms with E-state index in [0.29, 0.717) is 0 Å². The predicted molar refractivity (Wildman–Crippen MR) is 61.6 cm³/mol. The Hall–Kier alpha value is -1.24. The van der Waals surface area contributed by atoms with E-state index in [0.717, 1.165) is 0 Å². The van der Waals surface area contributed by atoms with Crippen LogP contribution in [0, 0.1) is 0 Å². The SMILES string of the molecule is CCOC(=O)Cc1c(N)cnc(Br)c1C(F)F. The van der Waals surface area contributed by atoms with Crippen molar-refractivity contribution < 1.29 is 18.3 Å². The molecule has 1 heterocycles. The zero-order chi connectivity index (χ0) is 13.0. The molecule has 0 saturated heterocycles. The molecule has 0 atom stereocenters. The Morgan fingerprint density at radius 3 is 2.82 bits per heavy atom. The van der Waals surface area contributed by atoms with Crippen LogP contribution in [0.2, 0.25) is 0 Å². The standard InChI is InChI=1S/C10H11BrF2N2O2/c1-2-17-7(16)3-5-6(14)4-15-9(11)8(5)10(12)13/h4,10H,2-3,14H2,1H3. The molecule has 7 heteroatoms. The van der Waals surface area contributed by atoms with Gasteiger partial charge in [-0.25, -0.2) is 13.8 Å². The van der Waals surface area contributed by atoms with E-state index < -0.39 is 12.4 Å². The summed E-state index contributed by atoms with van der Waals surface area (Å²) in [6, 6.07) is 0. The number of rotatable bonds is 4. The number of alkyl halides is 2. The lowest BCUT2D eigenvalue weighted by molar-refractivity contribution is -0.142. The average Bonchev–Trinajstić information content (AvgIpc) is 2.23. The molecule has 0 aliphatic carbocycles. The van der Waals surface area contributed by atoms with Crippen LogP contribution < -0.4 is 5.73 Å². The van der Waals surface area contributed by atoms with Crippen molar-refractivity contribution in [3.05, 3.63) is 21.9 Å². The van der Waals surface area contributed by atoms with Crippen LogP contribution in [0.3, 0.4) is 0 Å². The van der Waals surface area contributed by atoms with Gasteiger partial charge in [-0.3, -0.25) is 4.79 Å². The van der Waals surface area contributed by atoms with Crippen molar-refractivity contribution in [1.82, 2.24) is 4.98 Å². The van der Waals surface area contributed by atoms with Crippen LogP contribution >= 0.6 is 15.9 Å². The van der Waals surface area contributed by atoms with Crippen LogP contribution in [0.1, 0.15) is 24.5 Å². The number of aromatic nitrogens is 1. The number of pyridine rings is 1. The third kappa shape index (κ3) is 3.36. The largest absolute Gasteiger partial charge is 0.466 e. The van der Waals surface area contributed by atoms with E-state index in [2.05, 4.69) is 20.9 Å². The molecule has 94 valence electrons. The number of hydrogen-bond donors (Lipinski definition) is 1. The molecule has 0 fully saturated rings. The molecule has 4 nitrogen and oxygen atoms in total. The summed E-state index contributed by atoms with van der Waals surface area (Å²) < 4.78 is 30.3. The minimum Gasteiger partial charge on any atom is -0.466 e. The smallest absolute Gasteiger partial charge is 0.310 e. The number of carbonyl (C=O) groups excluding carboxylic acids is 1. The third-order valence-electron chi connectivity index (χ3n) is 2.06. The van der Waals surface area contributed by atoms with Gasteiger partial charge in [0.25, 0.3) is 6.43 Å². The van der Waals surface area contributed by atoms with Crippen LogP contribution in [-0.4, -0.2) is 17.6 Å². The molecule has 0 aliphatic heterocycles. The van der Waals surface area contributed by atoms with E-state index in [1.165, 1.54) is 6.20 Å². The minimum atomic E-state index is -2.76. The van der Waals surface area contributed by atoms with E-state index in [-0.39, 0.29) is 34.4 Å². The van der Waals surface area contributed by atoms with Gasteiger partial charge in [0.2, 0.25) is 0 Å². The average molecular weight is 309 g/mol. The van der Waals surface area contributed by atoms with Crippen molar-refractivity contribution in [2.45, 2.75) is 19.8 Å². The molecular weight excluding hydrogens is 298 g/mol. The summed E-state index contributed by atoms with van der Waals surface area (Å²) in [4.78, 5) is 15.0. The van der Waals surface area contributed by atoms with Crippen molar-refractivity contribution in [2.75, 3.05) is 12.3 Å². The van der Waals surface area contributed by atoms with Crippen LogP contribution in [0.5, 0.6) is 0 Å². The number of carbonyl (C=O) groups is 1. The van der Waals surface area contributed by atoms with E-state index in [1.807, 2.05) is 0 Å². The first-order valence-electron chi connectivity index (χ1n) is 4.83. The van der Waals surface area contributed by atoms with Crippen molar-refractivity contribution in [3.63, 3.8) is 0 Å². The summed E-state index contributed by atoms with van der Waals surface area (Å²) in [6.07, 6.45) is -1.82. The van der Waals surface area contributed by atoms with Crippen LogP contribution in [-0.2, 0) is 16.0 Å². The second kappa shape index (κ2) is 5.90. The molecule has 0 radical (unpaired) electrons. The van der Waals surface area contributed by atoms with Gasteiger partial charge in [-0.15, -0.1) is 0 Å². The molecule has 1 aromatic rings. The first-order valence-corrected chi connectivity index (χ1v) is 5.63. The van der Waals surface area contributed by atoms with Gasteiger partial charge in [0.1, 0.15) is 4.60 Å². The first kappa shape index (κ1) is 13.8. The van der Waals surface area contributed by atoms with Crippen LogP contribution in [0.15, 0.2) is 10.8 Å². The number of hydrogen-bond acceptors (Lipinski definition) is 4. The zero-order valence-corrected chi connectivity index (χ0v) is 10.6. The van der Waals surface area contributed by atoms with E-state index in [1.54, 1.807) is 6.92 Å². The van der Waals surface area contributed by atoms with Gasteiger partial charge in [0, 0.05) is 0 Å². The fourth-order valence-electron chi connectivity index (χ4n) is 1.33. The lowest BCUT2D eigenvalue weighted by Gasteiger charge is -2.12. The number of ether oxygens (including phenoxy) is 1. The van der Waals surface area contributed by atoms with E-state index in [9.17, 15) is 13.6 Å². The third-order valence-corrected chi connectivity index (χ3v) is 2.69. The van der Waals surface area contributed by atoms with Gasteiger partial charge in [0.15, 0.2) is 0 Å². The van der Waals surface area contributed by atoms with E-state index in [4.69, 9.17) is 10.5 Å². The van der Waals surface area contributed by atoms with Gasteiger partial charge in [-0.2, -0.15) is 0 Å². The van der Waals surface area contributed by atoms with Gasteiger partial charge in [-0.05, 0) is 28.4 Å². The van der Waals surface area contributed by atoms with E-state index >= 15 is 0 Å². The fraction of sp³-hybridized carbons (Fsp3) is 0.400. The van der Waals surface area contributed by atoms with Crippen LogP contribution in [0.25, 0.3) is 0 Å². The number of nitrogens with two attached hydrogens (primary N) is 1. The molecule has 0 unspecified atom stereocenters. The Labute approximate surface area is 105 Å². The molecule has 0 aliphatic rings. The highest BCUT2D eigenvalue weighted by Crippen LogP contribution is 2.32. The quantitative estimate of drug-likeness (QED) is 0.685. The molecule has 0 bridgehead atoms. The molecule has 2 N–H and O–H groups in total. The normalized spacial score (nSPS) is 10.6. The number of nitrogens with zero attached hydrogens (tertiary/aromatic N) is 1. The molecule has 17 heavy (non-hydrogen) atoms. The summed E-state index contributed by atoms with van der Waals surface area (Å²) in [5.74, 6) is -0.598. The Morgan fingerprint density at radius 2 is 2.29 bits per heavy atom. The Balaban J connectivity index is 3.12. The van der Waals surface area contributed by atoms with Crippen molar-refractivity contribution in [2.24, 2.45) is 0 Å². The molecule has 0 spiro atoms. The predicted octanol–water partition coefficient (Wildman–Crippen LogP) is 2.47. The fourth-order valence-corrected chi connectivity index (χ4v) is 1.84. The minimum absolute atomic E-state index is 0.0130. The highest BCUT2D eigenvalue weighted by Gasteiger charge is 2.22. The van der Waals surface area contributed by atoms with Gasteiger partial charge < -0.3 is 10.5 Å². The number of esters is 1. The Kier molecular flexibility index (Phi) is 4.80. The zero-order valence-electron chi connectivity index (χ0n) is 9.04. The summed E-state index contributed by atoms with van der Waals surface area (Å²) in [7, 11) is 0. The summed E-state index contributed by atoms with van der Waals surface area (Å²) in [6.45, 7) is 1.83. The monoisotopic (exact) mass is 308 g/mol. The maximum Gasteiger partial charge on any atom is 0.310 e. The topological polar surface area (TPSA) is 65.2 Å². The molecule has 0 amide bonds. The highest BCUT2D eigenvalue weighted by atomic mass is 79.9. The summed E-state index contributed by atoms with van der Waals surface area (Å²) in [5, 5.41) is 0. The molecule has 1 aromatic heterocycles. The summed E-state index contributed by atoms with van der Waals surface area (Å²) in [5.41, 5.74) is 5.29. The summed E-state index contributed by atoms with van der Waals surface area (Å²) >= 11 is 2.91. The lowest BCUT2D eigenvalue weighted by Crippen LogP contribution is -2.12. The molecule has 1 rings (SSSR count). The molecular formula is C10H11BrF2N2O2. The van der Waals surface area contributed by atoms with Crippen molar-refractivity contribution in [3.8, 4) is 0 Å². The first-order chi connectivity index (χ1) is 7.97. The second-order valence-corrected chi connectivity index (χ2v) is 3.93. The maximum absolute atomic E-state index is 12.8. The van der Waals surface area contributed by atoms with Gasteiger partial charge in [0.05, 0.1) is 30.5 Å². The van der Waals surface area contributed by atoms with Crippen LogP contribution in [0.4, 0.5) is 14.5 Å². The number of halogens is 3. The van der Waals surface area contributed by atoms with Crippen molar-refractivity contribution in [1.29, 1.82) is 0 Å². The highest BCUT2D eigenvalue weighted by molar-refractivity contribution is 9.10. The van der Waals surface area contributed by atoms with Crippen molar-refractivity contribution >= 4 is 27.6 Å². The van der Waals surface area contributed by atoms with Gasteiger partial charge >= 0.3 is 5.97 Å². The molecule has 0 aromatic carbocycles.